The second-order valence-corrected chi connectivity index (χ2v) is 4.44. The highest BCUT2D eigenvalue weighted by Gasteiger charge is 2.15. The minimum absolute atomic E-state index is 0.250. The molecule has 21 heavy (non-hydrogen) atoms. The normalized spacial score (nSPS) is 10.7. The zero-order valence-corrected chi connectivity index (χ0v) is 11.2. The van der Waals surface area contributed by atoms with Gasteiger partial charge >= 0.3 is 5.97 Å². The van der Waals surface area contributed by atoms with E-state index in [1.165, 1.54) is 4.68 Å². The maximum absolute atomic E-state index is 10.9. The van der Waals surface area contributed by atoms with Gasteiger partial charge in [-0.15, -0.1) is 0 Å². The molecule has 0 aliphatic rings. The summed E-state index contributed by atoms with van der Waals surface area (Å²) in [7, 11) is 0. The molecule has 106 valence electrons. The van der Waals surface area contributed by atoms with Crippen molar-refractivity contribution < 1.29 is 9.90 Å². The van der Waals surface area contributed by atoms with Crippen LogP contribution in [0.3, 0.4) is 0 Å². The topological polar surface area (TPSA) is 110 Å². The fraction of sp³-hybridized carbons (Fsp3) is 0.154. The molecule has 0 bridgehead atoms. The third-order valence-electron chi connectivity index (χ3n) is 2.86. The first kappa shape index (κ1) is 13.0. The Balaban J connectivity index is 1.99. The van der Waals surface area contributed by atoms with Gasteiger partial charge in [-0.3, -0.25) is 14.9 Å². The number of carboxylic acids is 1. The zero-order chi connectivity index (χ0) is 14.8. The summed E-state index contributed by atoms with van der Waals surface area (Å²) >= 11 is 0. The Morgan fingerprint density at radius 2 is 2.14 bits per heavy atom. The second-order valence-electron chi connectivity index (χ2n) is 4.44. The van der Waals surface area contributed by atoms with Crippen LogP contribution in [-0.2, 0) is 11.3 Å². The van der Waals surface area contributed by atoms with E-state index < -0.39 is 5.97 Å². The van der Waals surface area contributed by atoms with Crippen LogP contribution in [0.25, 0.3) is 22.8 Å². The second kappa shape index (κ2) is 5.16. The highest BCUT2D eigenvalue weighted by molar-refractivity contribution is 5.68. The molecule has 0 spiro atoms. The quantitative estimate of drug-likeness (QED) is 0.743. The van der Waals surface area contributed by atoms with Crippen LogP contribution in [0.5, 0.6) is 0 Å². The monoisotopic (exact) mass is 284 g/mol. The van der Waals surface area contributed by atoms with Gasteiger partial charge in [-0.05, 0) is 25.1 Å². The molecule has 8 nitrogen and oxygen atoms in total. The maximum Gasteiger partial charge on any atom is 0.325 e. The molecule has 8 heteroatoms. The van der Waals surface area contributed by atoms with Crippen molar-refractivity contribution in [3.05, 3.63) is 36.4 Å². The average molecular weight is 284 g/mol. The number of nitrogens with zero attached hydrogens (tertiary/aromatic N) is 5. The Morgan fingerprint density at radius 1 is 1.38 bits per heavy atom. The largest absolute Gasteiger partial charge is 0.480 e. The number of carboxylic acid groups (broad SMARTS) is 1. The van der Waals surface area contributed by atoms with E-state index in [0.717, 1.165) is 11.3 Å². The fourth-order valence-electron chi connectivity index (χ4n) is 2.00. The average Bonchev–Trinajstić information content (AvgIpc) is 3.06. The van der Waals surface area contributed by atoms with Gasteiger partial charge < -0.3 is 5.11 Å². The Bertz CT molecular complexity index is 777. The summed E-state index contributed by atoms with van der Waals surface area (Å²) in [6.45, 7) is 1.46. The molecule has 0 aliphatic carbocycles. The lowest BCUT2D eigenvalue weighted by Gasteiger charge is -1.99. The van der Waals surface area contributed by atoms with Crippen molar-refractivity contribution in [2.24, 2.45) is 0 Å². The van der Waals surface area contributed by atoms with Crippen molar-refractivity contribution in [3.8, 4) is 22.8 Å². The molecular weight excluding hydrogens is 272 g/mol. The summed E-state index contributed by atoms with van der Waals surface area (Å²) in [5.41, 5.74) is 2.26. The number of aromatic nitrogens is 6. The standard InChI is InChI=1S/C13H12N6O2/c1-8-15-13(19(18-8)7-12(20)21)11-6-10(16-17-11)9-2-4-14-5-3-9/h2-6H,7H2,1H3,(H,16,17)(H,20,21). The molecule has 2 N–H and O–H groups in total. The summed E-state index contributed by atoms with van der Waals surface area (Å²) in [5.74, 6) is -0.0240. The first-order valence-corrected chi connectivity index (χ1v) is 6.23. The Morgan fingerprint density at radius 3 is 2.86 bits per heavy atom. The molecule has 0 fully saturated rings. The number of carbonyl (C=O) groups is 1. The molecule has 0 amide bonds. The molecule has 3 aromatic rings. The molecule has 0 aromatic carbocycles. The van der Waals surface area contributed by atoms with E-state index in [-0.39, 0.29) is 6.54 Å². The lowest BCUT2D eigenvalue weighted by molar-refractivity contribution is -0.137. The van der Waals surface area contributed by atoms with E-state index in [2.05, 4.69) is 25.3 Å². The van der Waals surface area contributed by atoms with Crippen LogP contribution >= 0.6 is 0 Å². The number of rotatable bonds is 4. The van der Waals surface area contributed by atoms with Gasteiger partial charge in [0, 0.05) is 18.0 Å². The van der Waals surface area contributed by atoms with E-state index in [0.29, 0.717) is 17.3 Å². The van der Waals surface area contributed by atoms with E-state index >= 15 is 0 Å². The minimum Gasteiger partial charge on any atom is -0.480 e. The molecule has 0 saturated heterocycles. The van der Waals surface area contributed by atoms with Gasteiger partial charge in [-0.25, -0.2) is 9.67 Å². The molecular formula is C13H12N6O2. The van der Waals surface area contributed by atoms with Crippen LogP contribution in [0.2, 0.25) is 0 Å². The Labute approximate surface area is 119 Å². The summed E-state index contributed by atoms with van der Waals surface area (Å²) in [4.78, 5) is 19.1. The molecule has 0 atom stereocenters. The smallest absolute Gasteiger partial charge is 0.325 e. The zero-order valence-electron chi connectivity index (χ0n) is 11.2. The number of pyridine rings is 1. The van der Waals surface area contributed by atoms with Gasteiger partial charge in [0.2, 0.25) is 0 Å². The van der Waals surface area contributed by atoms with E-state index in [1.54, 1.807) is 25.4 Å². The molecule has 0 radical (unpaired) electrons. The lowest BCUT2D eigenvalue weighted by Crippen LogP contribution is -2.11. The van der Waals surface area contributed by atoms with Crippen LogP contribution in [0.4, 0.5) is 0 Å². The molecule has 0 saturated carbocycles. The Kier molecular flexibility index (Phi) is 3.19. The highest BCUT2D eigenvalue weighted by Crippen LogP contribution is 2.22. The van der Waals surface area contributed by atoms with Crippen LogP contribution in [0.15, 0.2) is 30.6 Å². The summed E-state index contributed by atoms with van der Waals surface area (Å²) in [6, 6.07) is 5.48. The third-order valence-corrected chi connectivity index (χ3v) is 2.86. The number of hydrogen-bond donors (Lipinski definition) is 2. The number of aryl methyl sites for hydroxylation is 1. The van der Waals surface area contributed by atoms with E-state index in [4.69, 9.17) is 5.11 Å². The molecule has 3 heterocycles. The van der Waals surface area contributed by atoms with E-state index in [9.17, 15) is 4.79 Å². The van der Waals surface area contributed by atoms with Crippen LogP contribution in [0, 0.1) is 6.92 Å². The summed E-state index contributed by atoms with van der Waals surface area (Å²) < 4.78 is 1.33. The van der Waals surface area contributed by atoms with Crippen molar-refractivity contribution in [3.63, 3.8) is 0 Å². The summed E-state index contributed by atoms with van der Waals surface area (Å²) in [6.07, 6.45) is 3.36. The van der Waals surface area contributed by atoms with E-state index in [1.807, 2.05) is 12.1 Å². The van der Waals surface area contributed by atoms with Crippen molar-refractivity contribution in [2.75, 3.05) is 0 Å². The van der Waals surface area contributed by atoms with Crippen molar-refractivity contribution in [1.82, 2.24) is 29.9 Å². The van der Waals surface area contributed by atoms with Gasteiger partial charge in [-0.1, -0.05) is 0 Å². The van der Waals surface area contributed by atoms with Gasteiger partial charge in [0.1, 0.15) is 18.1 Å². The molecule has 0 aliphatic heterocycles. The van der Waals surface area contributed by atoms with Gasteiger partial charge in [0.05, 0.1) is 5.69 Å². The predicted molar refractivity (Wildman–Crippen MR) is 73.2 cm³/mol. The predicted octanol–water partition coefficient (Wildman–Crippen LogP) is 1.12. The van der Waals surface area contributed by atoms with Gasteiger partial charge in [0.25, 0.3) is 0 Å². The molecule has 3 aromatic heterocycles. The highest BCUT2D eigenvalue weighted by atomic mass is 16.4. The first-order chi connectivity index (χ1) is 10.1. The number of aliphatic carboxylic acids is 1. The third kappa shape index (κ3) is 2.64. The van der Waals surface area contributed by atoms with Gasteiger partial charge in [0.15, 0.2) is 5.82 Å². The van der Waals surface area contributed by atoms with Crippen LogP contribution < -0.4 is 0 Å². The number of H-pyrrole nitrogens is 1. The number of nitrogens with one attached hydrogen (secondary N) is 1. The van der Waals surface area contributed by atoms with Crippen LogP contribution in [-0.4, -0.2) is 41.0 Å². The van der Waals surface area contributed by atoms with Crippen molar-refractivity contribution in [2.45, 2.75) is 13.5 Å². The van der Waals surface area contributed by atoms with Crippen LogP contribution in [0.1, 0.15) is 5.82 Å². The Hall–Kier alpha value is -3.03. The fourth-order valence-corrected chi connectivity index (χ4v) is 2.00. The summed E-state index contributed by atoms with van der Waals surface area (Å²) in [5, 5.41) is 20.1. The number of hydrogen-bond acceptors (Lipinski definition) is 5. The molecule has 3 rings (SSSR count). The van der Waals surface area contributed by atoms with Crippen molar-refractivity contribution in [1.29, 1.82) is 0 Å². The minimum atomic E-state index is -0.977. The maximum atomic E-state index is 10.9. The van der Waals surface area contributed by atoms with Crippen molar-refractivity contribution >= 4 is 5.97 Å². The lowest BCUT2D eigenvalue weighted by atomic mass is 10.2. The SMILES string of the molecule is Cc1nc(-c2cc(-c3ccncc3)n[nH]2)n(CC(=O)O)n1. The molecule has 0 unspecified atom stereocenters. The first-order valence-electron chi connectivity index (χ1n) is 6.23. The van der Waals surface area contributed by atoms with Gasteiger partial charge in [-0.2, -0.15) is 10.2 Å². The number of aromatic amines is 1.